The quantitative estimate of drug-likeness (QED) is 0.438. The van der Waals surface area contributed by atoms with E-state index in [-0.39, 0.29) is 29.2 Å². The highest BCUT2D eigenvalue weighted by molar-refractivity contribution is 7.92. The zero-order chi connectivity index (χ0) is 27.0. The van der Waals surface area contributed by atoms with E-state index in [1.165, 1.54) is 11.0 Å². The van der Waals surface area contributed by atoms with E-state index >= 15 is 0 Å². The number of methoxy groups -OCH3 is 1. The van der Waals surface area contributed by atoms with Crippen LogP contribution in [-0.4, -0.2) is 57.1 Å². The van der Waals surface area contributed by atoms with Gasteiger partial charge >= 0.3 is 0 Å². The minimum Gasteiger partial charge on any atom is -0.497 e. The molecule has 2 atom stereocenters. The number of sulfonamides is 1. The van der Waals surface area contributed by atoms with Gasteiger partial charge in [0.05, 0.1) is 24.1 Å². The van der Waals surface area contributed by atoms with Crippen LogP contribution in [0.1, 0.15) is 39.2 Å². The minimum absolute atomic E-state index is 0.0405. The highest BCUT2D eigenvalue weighted by Gasteiger charge is 2.32. The number of halogens is 2. The van der Waals surface area contributed by atoms with Crippen LogP contribution >= 0.6 is 11.6 Å². The summed E-state index contributed by atoms with van der Waals surface area (Å²) in [6.07, 6.45) is 1.96. The van der Waals surface area contributed by atoms with Crippen molar-refractivity contribution in [1.82, 2.24) is 10.2 Å². The molecule has 0 fully saturated rings. The number of amides is 2. The lowest BCUT2D eigenvalue weighted by Crippen LogP contribution is -2.53. The molecule has 2 rings (SSSR count). The third kappa shape index (κ3) is 7.83. The first-order valence-electron chi connectivity index (χ1n) is 11.6. The van der Waals surface area contributed by atoms with Gasteiger partial charge in [0.25, 0.3) is 0 Å². The smallest absolute Gasteiger partial charge is 0.244 e. The highest BCUT2D eigenvalue weighted by atomic mass is 35.5. The number of nitrogens with one attached hydrogen (secondary N) is 1. The fraction of sp³-hybridized carbons (Fsp3) is 0.440. The monoisotopic (exact) mass is 541 g/mol. The van der Waals surface area contributed by atoms with Crippen LogP contribution < -0.4 is 14.4 Å². The number of carbonyl (C=O) groups excluding carboxylic acids is 2. The summed E-state index contributed by atoms with van der Waals surface area (Å²) < 4.78 is 44.9. The molecule has 2 aromatic rings. The summed E-state index contributed by atoms with van der Waals surface area (Å²) in [6.45, 7) is 5.05. The van der Waals surface area contributed by atoms with E-state index < -0.39 is 34.3 Å². The van der Waals surface area contributed by atoms with Crippen molar-refractivity contribution < 1.29 is 27.1 Å². The molecule has 8 nitrogen and oxygen atoms in total. The maximum absolute atomic E-state index is 13.7. The molecule has 1 N–H and O–H groups in total. The molecule has 0 heterocycles. The topological polar surface area (TPSA) is 96.0 Å². The molecule has 2 aromatic carbocycles. The molecule has 0 saturated heterocycles. The molecule has 198 valence electrons. The van der Waals surface area contributed by atoms with Crippen LogP contribution in [0, 0.1) is 5.82 Å². The Bertz CT molecular complexity index is 1160. The fourth-order valence-electron chi connectivity index (χ4n) is 3.54. The van der Waals surface area contributed by atoms with Crippen molar-refractivity contribution >= 4 is 39.1 Å². The number of ether oxygens (including phenoxy) is 1. The van der Waals surface area contributed by atoms with Crippen molar-refractivity contribution in [3.63, 3.8) is 0 Å². The van der Waals surface area contributed by atoms with E-state index in [1.54, 1.807) is 38.3 Å². The third-order valence-corrected chi connectivity index (χ3v) is 7.20. The molecule has 2 amide bonds. The number of carbonyl (C=O) groups is 2. The molecule has 0 aliphatic rings. The normalized spacial score (nSPS) is 13.0. The van der Waals surface area contributed by atoms with E-state index in [1.807, 2.05) is 13.8 Å². The van der Waals surface area contributed by atoms with Crippen molar-refractivity contribution in [3.05, 3.63) is 58.9 Å². The van der Waals surface area contributed by atoms with Crippen molar-refractivity contribution in [2.45, 2.75) is 52.2 Å². The lowest BCUT2D eigenvalue weighted by molar-refractivity contribution is -0.140. The van der Waals surface area contributed by atoms with Gasteiger partial charge in [0.1, 0.15) is 24.2 Å². The summed E-state index contributed by atoms with van der Waals surface area (Å²) in [7, 11) is -2.41. The molecule has 36 heavy (non-hydrogen) atoms. The van der Waals surface area contributed by atoms with Gasteiger partial charge in [-0.15, -0.1) is 0 Å². The predicted molar refractivity (Wildman–Crippen MR) is 139 cm³/mol. The second kappa shape index (κ2) is 12.9. The Morgan fingerprint density at radius 1 is 1.11 bits per heavy atom. The first-order chi connectivity index (χ1) is 16.9. The highest BCUT2D eigenvalue weighted by Crippen LogP contribution is 2.25. The van der Waals surface area contributed by atoms with Crippen LogP contribution in [0.2, 0.25) is 5.02 Å². The van der Waals surface area contributed by atoms with Gasteiger partial charge in [-0.3, -0.25) is 13.9 Å². The summed E-state index contributed by atoms with van der Waals surface area (Å²) in [5.41, 5.74) is 0.772. The minimum atomic E-state index is -3.95. The molecule has 0 spiro atoms. The first-order valence-corrected chi connectivity index (χ1v) is 13.8. The Labute approximate surface area is 217 Å². The number of hydrogen-bond donors (Lipinski definition) is 1. The van der Waals surface area contributed by atoms with Crippen LogP contribution in [0.15, 0.2) is 42.5 Å². The Morgan fingerprint density at radius 2 is 1.75 bits per heavy atom. The van der Waals surface area contributed by atoms with Gasteiger partial charge in [-0.25, -0.2) is 12.8 Å². The summed E-state index contributed by atoms with van der Waals surface area (Å²) in [5.74, 6) is -1.00. The molecular formula is C25H33ClFN3O5S. The van der Waals surface area contributed by atoms with Crippen LogP contribution in [0.5, 0.6) is 5.75 Å². The average molecular weight is 542 g/mol. The van der Waals surface area contributed by atoms with Crippen molar-refractivity contribution in [2.24, 2.45) is 0 Å². The van der Waals surface area contributed by atoms with Gasteiger partial charge in [-0.1, -0.05) is 37.6 Å². The maximum Gasteiger partial charge on any atom is 0.244 e. The molecular weight excluding hydrogens is 509 g/mol. The van der Waals surface area contributed by atoms with Gasteiger partial charge in [0.15, 0.2) is 0 Å². The number of nitrogens with zero attached hydrogens (tertiary/aromatic N) is 2. The van der Waals surface area contributed by atoms with Crippen LogP contribution in [0.4, 0.5) is 10.1 Å². The Balaban J connectivity index is 2.45. The molecule has 0 bridgehead atoms. The second-order valence-corrected chi connectivity index (χ2v) is 10.8. The second-order valence-electron chi connectivity index (χ2n) is 8.48. The lowest BCUT2D eigenvalue weighted by Gasteiger charge is -2.33. The third-order valence-electron chi connectivity index (χ3n) is 5.77. The zero-order valence-electron chi connectivity index (χ0n) is 21.1. The predicted octanol–water partition coefficient (Wildman–Crippen LogP) is 3.98. The van der Waals surface area contributed by atoms with E-state index in [4.69, 9.17) is 16.3 Å². The summed E-state index contributed by atoms with van der Waals surface area (Å²) in [4.78, 5) is 28.1. The molecule has 0 unspecified atom stereocenters. The summed E-state index contributed by atoms with van der Waals surface area (Å²) in [6, 6.07) is 9.49. The van der Waals surface area contributed by atoms with Gasteiger partial charge < -0.3 is 15.0 Å². The maximum atomic E-state index is 13.7. The van der Waals surface area contributed by atoms with E-state index in [0.717, 1.165) is 28.3 Å². The van der Waals surface area contributed by atoms with E-state index in [9.17, 15) is 22.4 Å². The molecule has 0 radical (unpaired) electrons. The SMILES string of the molecule is CC[C@H](C(=O)N[C@@H](C)CC)N(Cc1ccc(OC)cc1)C(=O)CN(c1ccc(F)c(Cl)c1)S(C)(=O)=O. The van der Waals surface area contributed by atoms with Crippen LogP contribution in [0.25, 0.3) is 0 Å². The van der Waals surface area contributed by atoms with Crippen LogP contribution in [0.3, 0.4) is 0 Å². The average Bonchev–Trinajstić information content (AvgIpc) is 2.83. The molecule has 0 saturated carbocycles. The Morgan fingerprint density at radius 3 is 2.25 bits per heavy atom. The van der Waals surface area contributed by atoms with Crippen LogP contribution in [-0.2, 0) is 26.2 Å². The van der Waals surface area contributed by atoms with Gasteiger partial charge in [0, 0.05) is 12.6 Å². The first kappa shape index (κ1) is 29.4. The standard InChI is InChI=1S/C25H33ClFN3O5S/c1-6-17(3)28-25(32)23(7-2)29(15-18-8-11-20(35-4)12-9-18)24(31)16-30(36(5,33)34)19-10-13-22(27)21(26)14-19/h8-14,17,23H,6-7,15-16H2,1-5H3,(H,28,32)/t17-,23+/m0/s1. The Kier molecular flexibility index (Phi) is 10.5. The summed E-state index contributed by atoms with van der Waals surface area (Å²) >= 11 is 5.86. The molecule has 0 aromatic heterocycles. The van der Waals surface area contributed by atoms with Gasteiger partial charge in [-0.05, 0) is 55.7 Å². The van der Waals surface area contributed by atoms with Gasteiger partial charge in [-0.2, -0.15) is 0 Å². The molecule has 0 aliphatic carbocycles. The number of hydrogen-bond acceptors (Lipinski definition) is 5. The number of anilines is 1. The molecule has 0 aliphatic heterocycles. The Hall–Kier alpha value is -2.85. The lowest BCUT2D eigenvalue weighted by atomic mass is 10.1. The number of benzene rings is 2. The summed E-state index contributed by atoms with van der Waals surface area (Å²) in [5, 5.41) is 2.63. The largest absolute Gasteiger partial charge is 0.497 e. The zero-order valence-corrected chi connectivity index (χ0v) is 22.7. The van der Waals surface area contributed by atoms with Crippen molar-refractivity contribution in [3.8, 4) is 5.75 Å². The van der Waals surface area contributed by atoms with E-state index in [2.05, 4.69) is 5.32 Å². The van der Waals surface area contributed by atoms with E-state index in [0.29, 0.717) is 18.6 Å². The fourth-order valence-corrected chi connectivity index (χ4v) is 4.56. The van der Waals surface area contributed by atoms with Gasteiger partial charge in [0.2, 0.25) is 21.8 Å². The molecule has 11 heteroatoms. The van der Waals surface area contributed by atoms with Crippen molar-refractivity contribution in [1.29, 1.82) is 0 Å². The van der Waals surface area contributed by atoms with Crippen molar-refractivity contribution in [2.75, 3.05) is 24.2 Å². The number of rotatable bonds is 12.